The van der Waals surface area contributed by atoms with Gasteiger partial charge >= 0.3 is 0 Å². The van der Waals surface area contributed by atoms with E-state index in [0.29, 0.717) is 0 Å². The Bertz CT molecular complexity index is 727. The molecule has 0 saturated carbocycles. The number of primary sulfonamides is 1. The van der Waals surface area contributed by atoms with Crippen LogP contribution in [0, 0.1) is 10.1 Å². The molecular weight excluding hydrogens is 312 g/mol. The van der Waals surface area contributed by atoms with Gasteiger partial charge in [0.05, 0.1) is 15.6 Å². The number of nitro benzene ring substituents is 1. The molecule has 0 radical (unpaired) electrons. The van der Waals surface area contributed by atoms with E-state index in [9.17, 15) is 26.9 Å². The van der Waals surface area contributed by atoms with Gasteiger partial charge in [-0.1, -0.05) is 0 Å². The third-order valence-corrected chi connectivity index (χ3v) is 4.42. The highest BCUT2D eigenvalue weighted by Gasteiger charge is 2.19. The second-order valence-electron chi connectivity index (χ2n) is 3.74. The number of rotatable bonds is 6. The van der Waals surface area contributed by atoms with Crippen molar-refractivity contribution in [3.05, 3.63) is 28.3 Å². The van der Waals surface area contributed by atoms with Gasteiger partial charge in [0.2, 0.25) is 20.0 Å². The normalized spacial score (nSPS) is 12.2. The maximum atomic E-state index is 11.8. The fourth-order valence-corrected chi connectivity index (χ4v) is 2.85. The molecule has 112 valence electrons. The molecule has 0 aliphatic rings. The summed E-state index contributed by atoms with van der Waals surface area (Å²) in [5.41, 5.74) is 4.63. The predicted octanol–water partition coefficient (Wildman–Crippen LogP) is -1.26. The topological polar surface area (TPSA) is 175 Å². The third kappa shape index (κ3) is 4.41. The van der Waals surface area contributed by atoms with Crippen LogP contribution in [0.4, 0.5) is 11.4 Å². The summed E-state index contributed by atoms with van der Waals surface area (Å²) < 4.78 is 46.9. The highest BCUT2D eigenvalue weighted by atomic mass is 32.2. The summed E-state index contributed by atoms with van der Waals surface area (Å²) in [6.07, 6.45) is 0. The summed E-state index contributed by atoms with van der Waals surface area (Å²) in [5.74, 6) is -0.575. The minimum absolute atomic E-state index is 0.310. The van der Waals surface area contributed by atoms with E-state index in [1.165, 1.54) is 0 Å². The van der Waals surface area contributed by atoms with E-state index in [4.69, 9.17) is 10.9 Å². The largest absolute Gasteiger partial charge is 0.393 e. The van der Waals surface area contributed by atoms with Crippen molar-refractivity contribution in [1.29, 1.82) is 0 Å². The lowest BCUT2D eigenvalue weighted by Gasteiger charge is -2.07. The van der Waals surface area contributed by atoms with Gasteiger partial charge in [-0.3, -0.25) is 10.1 Å². The summed E-state index contributed by atoms with van der Waals surface area (Å²) in [7, 11) is -7.82. The van der Waals surface area contributed by atoms with E-state index >= 15 is 0 Å². The first-order chi connectivity index (χ1) is 9.03. The average molecular weight is 324 g/mol. The molecule has 1 rings (SSSR count). The maximum absolute atomic E-state index is 11.8. The lowest BCUT2D eigenvalue weighted by molar-refractivity contribution is -0.383. The number of nitrogens with zero attached hydrogens (tertiary/aromatic N) is 1. The number of nitrogens with one attached hydrogen (secondary N) is 1. The molecule has 0 spiro atoms. The number of benzene rings is 1. The summed E-state index contributed by atoms with van der Waals surface area (Å²) in [6, 6.07) is 2.86. The molecule has 0 aliphatic heterocycles. The molecule has 0 atom stereocenters. The molecule has 0 amide bonds. The lowest BCUT2D eigenvalue weighted by Crippen LogP contribution is -2.31. The molecule has 1 aromatic carbocycles. The molecule has 5 N–H and O–H groups in total. The Hall–Kier alpha value is -1.76. The number of nitrogens with two attached hydrogens (primary N) is 2. The van der Waals surface area contributed by atoms with Crippen molar-refractivity contribution in [2.45, 2.75) is 4.90 Å². The summed E-state index contributed by atoms with van der Waals surface area (Å²) in [4.78, 5) is 9.49. The molecule has 0 aromatic heterocycles. The SMILES string of the molecule is Nc1cc(S(=O)(=O)NCCS(N)(=O)=O)ccc1[N+](=O)[O-]. The van der Waals surface area contributed by atoms with Gasteiger partial charge in [0.25, 0.3) is 5.69 Å². The van der Waals surface area contributed by atoms with Gasteiger partial charge in [-0.05, 0) is 12.1 Å². The first-order valence-electron chi connectivity index (χ1n) is 5.07. The number of nitro groups is 1. The maximum Gasteiger partial charge on any atom is 0.292 e. The van der Waals surface area contributed by atoms with E-state index < -0.39 is 43.0 Å². The zero-order valence-electron chi connectivity index (χ0n) is 10.0. The molecule has 1 aromatic rings. The fraction of sp³-hybridized carbons (Fsp3) is 0.250. The Morgan fingerprint density at radius 2 is 1.85 bits per heavy atom. The quantitative estimate of drug-likeness (QED) is 0.332. The fourth-order valence-electron chi connectivity index (χ4n) is 1.27. The van der Waals surface area contributed by atoms with Crippen molar-refractivity contribution in [2.75, 3.05) is 18.0 Å². The molecule has 0 aliphatic carbocycles. The number of nitrogen functional groups attached to an aromatic ring is 1. The molecule has 12 heteroatoms. The Morgan fingerprint density at radius 1 is 1.25 bits per heavy atom. The first-order valence-corrected chi connectivity index (χ1v) is 8.27. The monoisotopic (exact) mass is 324 g/mol. The van der Waals surface area contributed by atoms with Crippen LogP contribution in [0.2, 0.25) is 0 Å². The second-order valence-corrected chi connectivity index (χ2v) is 7.24. The van der Waals surface area contributed by atoms with Crippen molar-refractivity contribution in [3.63, 3.8) is 0 Å². The third-order valence-electron chi connectivity index (χ3n) is 2.18. The zero-order chi connectivity index (χ0) is 15.6. The highest BCUT2D eigenvalue weighted by Crippen LogP contribution is 2.24. The van der Waals surface area contributed by atoms with Gasteiger partial charge in [0.15, 0.2) is 0 Å². The zero-order valence-corrected chi connectivity index (χ0v) is 11.6. The van der Waals surface area contributed by atoms with Gasteiger partial charge in [0, 0.05) is 12.6 Å². The summed E-state index contributed by atoms with van der Waals surface area (Å²) in [5, 5.41) is 15.3. The lowest BCUT2D eigenvalue weighted by atomic mass is 10.3. The Morgan fingerprint density at radius 3 is 2.30 bits per heavy atom. The summed E-state index contributed by atoms with van der Waals surface area (Å²) in [6.45, 7) is -0.419. The van der Waals surface area contributed by atoms with E-state index in [-0.39, 0.29) is 10.6 Å². The predicted molar refractivity (Wildman–Crippen MR) is 70.7 cm³/mol. The molecule has 0 fully saturated rings. The molecular formula is C8H12N4O6S2. The molecule has 20 heavy (non-hydrogen) atoms. The van der Waals surface area contributed by atoms with E-state index in [1.54, 1.807) is 0 Å². The van der Waals surface area contributed by atoms with Crippen LogP contribution in [0.3, 0.4) is 0 Å². The van der Waals surface area contributed by atoms with Crippen LogP contribution in [0.25, 0.3) is 0 Å². The van der Waals surface area contributed by atoms with Crippen molar-refractivity contribution in [2.24, 2.45) is 5.14 Å². The van der Waals surface area contributed by atoms with Gasteiger partial charge in [-0.15, -0.1) is 0 Å². The van der Waals surface area contributed by atoms with Gasteiger partial charge in [-0.2, -0.15) is 0 Å². The molecule has 0 heterocycles. The molecule has 0 unspecified atom stereocenters. The Labute approximate surface area is 115 Å². The van der Waals surface area contributed by atoms with Crippen LogP contribution in [0.1, 0.15) is 0 Å². The van der Waals surface area contributed by atoms with E-state index in [0.717, 1.165) is 18.2 Å². The van der Waals surface area contributed by atoms with Crippen molar-refractivity contribution >= 4 is 31.4 Å². The number of sulfonamides is 2. The van der Waals surface area contributed by atoms with E-state index in [2.05, 4.69) is 0 Å². The minimum Gasteiger partial charge on any atom is -0.393 e. The van der Waals surface area contributed by atoms with Gasteiger partial charge in [0.1, 0.15) is 5.69 Å². The van der Waals surface area contributed by atoms with Crippen molar-refractivity contribution in [1.82, 2.24) is 4.72 Å². The Kier molecular flexibility index (Phi) is 4.65. The van der Waals surface area contributed by atoms with Crippen LogP contribution in [0.5, 0.6) is 0 Å². The molecule has 10 nitrogen and oxygen atoms in total. The number of hydrogen-bond donors (Lipinski definition) is 3. The van der Waals surface area contributed by atoms with Gasteiger partial charge < -0.3 is 5.73 Å². The average Bonchev–Trinajstić information content (AvgIpc) is 2.26. The van der Waals surface area contributed by atoms with Crippen LogP contribution >= 0.6 is 0 Å². The van der Waals surface area contributed by atoms with Gasteiger partial charge in [-0.25, -0.2) is 26.7 Å². The van der Waals surface area contributed by atoms with Crippen LogP contribution in [0.15, 0.2) is 23.1 Å². The molecule has 0 saturated heterocycles. The van der Waals surface area contributed by atoms with Crippen LogP contribution in [-0.4, -0.2) is 34.1 Å². The summed E-state index contributed by atoms with van der Waals surface area (Å²) >= 11 is 0. The van der Waals surface area contributed by atoms with Crippen LogP contribution in [-0.2, 0) is 20.0 Å². The second kappa shape index (κ2) is 5.70. The minimum atomic E-state index is -4.02. The first kappa shape index (κ1) is 16.3. The number of anilines is 1. The smallest absolute Gasteiger partial charge is 0.292 e. The Balaban J connectivity index is 2.94. The van der Waals surface area contributed by atoms with Crippen molar-refractivity contribution < 1.29 is 21.8 Å². The number of hydrogen-bond acceptors (Lipinski definition) is 7. The molecule has 0 bridgehead atoms. The van der Waals surface area contributed by atoms with Crippen molar-refractivity contribution in [3.8, 4) is 0 Å². The standard InChI is InChI=1S/C8H12N4O6S2/c9-7-5-6(1-2-8(7)12(13)14)20(17,18)11-3-4-19(10,15)16/h1-2,5,11H,3-4,9H2,(H2,10,15,16). The van der Waals surface area contributed by atoms with Crippen LogP contribution < -0.4 is 15.6 Å². The highest BCUT2D eigenvalue weighted by molar-refractivity contribution is 7.90. The van der Waals surface area contributed by atoms with E-state index in [1.807, 2.05) is 4.72 Å².